The summed E-state index contributed by atoms with van der Waals surface area (Å²) < 4.78 is 0.620. The van der Waals surface area contributed by atoms with Gasteiger partial charge in [-0.25, -0.2) is 0 Å². The molecule has 0 aromatic rings. The standard InChI is InChI=1S/C5H6BrN/c1-2-3-5(6)4-7/h3H,2H2,1H3/b5-3-. The highest BCUT2D eigenvalue weighted by atomic mass is 79.9. The summed E-state index contributed by atoms with van der Waals surface area (Å²) in [5.41, 5.74) is 0. The molecule has 0 bridgehead atoms. The van der Waals surface area contributed by atoms with Crippen molar-refractivity contribution in [3.8, 4) is 6.07 Å². The SMILES string of the molecule is CC/C=C(\Br)C#N. The van der Waals surface area contributed by atoms with E-state index in [0.29, 0.717) is 4.48 Å². The van der Waals surface area contributed by atoms with E-state index in [1.54, 1.807) is 0 Å². The molecule has 0 fully saturated rings. The lowest BCUT2D eigenvalue weighted by molar-refractivity contribution is 1.22. The van der Waals surface area contributed by atoms with Crippen LogP contribution in [0.25, 0.3) is 0 Å². The summed E-state index contributed by atoms with van der Waals surface area (Å²) in [5.74, 6) is 0. The summed E-state index contributed by atoms with van der Waals surface area (Å²) in [4.78, 5) is 0. The van der Waals surface area contributed by atoms with Crippen molar-refractivity contribution in [2.45, 2.75) is 13.3 Å². The fourth-order valence-corrected chi connectivity index (χ4v) is 0.549. The minimum absolute atomic E-state index is 0.620. The summed E-state index contributed by atoms with van der Waals surface area (Å²) in [6, 6.07) is 1.94. The van der Waals surface area contributed by atoms with E-state index in [-0.39, 0.29) is 0 Å². The first kappa shape index (κ1) is 6.71. The van der Waals surface area contributed by atoms with Crippen molar-refractivity contribution >= 4 is 15.9 Å². The maximum Gasteiger partial charge on any atom is 0.106 e. The molecule has 0 spiro atoms. The number of nitriles is 1. The molecule has 0 N–H and O–H groups in total. The fourth-order valence-electron chi connectivity index (χ4n) is 0.225. The minimum atomic E-state index is 0.620. The summed E-state index contributed by atoms with van der Waals surface area (Å²) >= 11 is 3.04. The Morgan fingerprint density at radius 2 is 2.57 bits per heavy atom. The Labute approximate surface area is 51.8 Å². The zero-order valence-electron chi connectivity index (χ0n) is 4.11. The summed E-state index contributed by atoms with van der Waals surface area (Å²) in [5, 5.41) is 8.10. The van der Waals surface area contributed by atoms with Gasteiger partial charge in [0.15, 0.2) is 0 Å². The number of nitrogens with zero attached hydrogens (tertiary/aromatic N) is 1. The van der Waals surface area contributed by atoms with Crippen molar-refractivity contribution < 1.29 is 0 Å². The minimum Gasteiger partial charge on any atom is -0.192 e. The Bertz CT molecular complexity index is 110. The van der Waals surface area contributed by atoms with Crippen LogP contribution in [0.1, 0.15) is 13.3 Å². The second kappa shape index (κ2) is 3.89. The predicted octanol–water partition coefficient (Wildman–Crippen LogP) is 2.20. The Hall–Kier alpha value is -0.290. The molecule has 0 aliphatic rings. The Kier molecular flexibility index (Phi) is 3.72. The molecule has 0 heterocycles. The molecule has 0 atom stereocenters. The fraction of sp³-hybridized carbons (Fsp3) is 0.400. The van der Waals surface area contributed by atoms with Crippen molar-refractivity contribution in [2.75, 3.05) is 0 Å². The highest BCUT2D eigenvalue weighted by molar-refractivity contribution is 9.12. The zero-order valence-corrected chi connectivity index (χ0v) is 5.70. The molecular formula is C5H6BrN. The molecule has 0 saturated carbocycles. The van der Waals surface area contributed by atoms with E-state index in [1.165, 1.54) is 0 Å². The van der Waals surface area contributed by atoms with Crippen LogP contribution in [0.15, 0.2) is 10.6 Å². The molecule has 0 aliphatic carbocycles. The lowest BCUT2D eigenvalue weighted by Gasteiger charge is -1.74. The van der Waals surface area contributed by atoms with Gasteiger partial charge in [0.25, 0.3) is 0 Å². The van der Waals surface area contributed by atoms with E-state index in [1.807, 2.05) is 19.1 Å². The van der Waals surface area contributed by atoms with Gasteiger partial charge in [0, 0.05) is 0 Å². The Morgan fingerprint density at radius 3 is 2.71 bits per heavy atom. The van der Waals surface area contributed by atoms with Crippen molar-refractivity contribution in [3.63, 3.8) is 0 Å². The van der Waals surface area contributed by atoms with Gasteiger partial charge in [-0.3, -0.25) is 0 Å². The maximum absolute atomic E-state index is 8.10. The van der Waals surface area contributed by atoms with Crippen LogP contribution < -0.4 is 0 Å². The molecule has 0 radical (unpaired) electrons. The molecule has 0 aliphatic heterocycles. The topological polar surface area (TPSA) is 23.8 Å². The third-order valence-electron chi connectivity index (χ3n) is 0.490. The lowest BCUT2D eigenvalue weighted by atomic mass is 10.4. The molecule has 0 aromatic heterocycles. The first-order valence-electron chi connectivity index (χ1n) is 2.07. The molecule has 0 unspecified atom stereocenters. The molecule has 38 valence electrons. The van der Waals surface area contributed by atoms with Gasteiger partial charge >= 0.3 is 0 Å². The second-order valence-electron chi connectivity index (χ2n) is 1.07. The van der Waals surface area contributed by atoms with Gasteiger partial charge < -0.3 is 0 Å². The molecule has 0 rings (SSSR count). The van der Waals surface area contributed by atoms with Crippen LogP contribution in [0.2, 0.25) is 0 Å². The molecule has 2 heteroatoms. The third-order valence-corrected chi connectivity index (χ3v) is 0.991. The highest BCUT2D eigenvalue weighted by Gasteiger charge is 1.78. The van der Waals surface area contributed by atoms with E-state index in [0.717, 1.165) is 6.42 Å². The largest absolute Gasteiger partial charge is 0.192 e. The van der Waals surface area contributed by atoms with E-state index >= 15 is 0 Å². The molecule has 0 aromatic carbocycles. The number of allylic oxidation sites excluding steroid dienone is 2. The van der Waals surface area contributed by atoms with Gasteiger partial charge in [-0.1, -0.05) is 13.0 Å². The van der Waals surface area contributed by atoms with Crippen LogP contribution in [0.4, 0.5) is 0 Å². The van der Waals surface area contributed by atoms with Gasteiger partial charge in [-0.05, 0) is 22.4 Å². The smallest absolute Gasteiger partial charge is 0.106 e. The van der Waals surface area contributed by atoms with Crippen LogP contribution in [-0.4, -0.2) is 0 Å². The number of halogens is 1. The van der Waals surface area contributed by atoms with E-state index in [4.69, 9.17) is 5.26 Å². The van der Waals surface area contributed by atoms with Crippen molar-refractivity contribution in [2.24, 2.45) is 0 Å². The number of hydrogen-bond acceptors (Lipinski definition) is 1. The molecule has 0 saturated heterocycles. The molecular weight excluding hydrogens is 154 g/mol. The molecule has 0 amide bonds. The van der Waals surface area contributed by atoms with Crippen LogP contribution >= 0.6 is 15.9 Å². The van der Waals surface area contributed by atoms with Crippen molar-refractivity contribution in [1.82, 2.24) is 0 Å². The van der Waals surface area contributed by atoms with Crippen LogP contribution in [0.5, 0.6) is 0 Å². The quantitative estimate of drug-likeness (QED) is 0.539. The first-order chi connectivity index (χ1) is 3.31. The lowest BCUT2D eigenvalue weighted by Crippen LogP contribution is -1.57. The van der Waals surface area contributed by atoms with E-state index in [9.17, 15) is 0 Å². The monoisotopic (exact) mass is 159 g/mol. The van der Waals surface area contributed by atoms with Gasteiger partial charge in [0.05, 0.1) is 4.48 Å². The Morgan fingerprint density at radius 1 is 2.00 bits per heavy atom. The summed E-state index contributed by atoms with van der Waals surface area (Å²) in [7, 11) is 0. The third kappa shape index (κ3) is 3.54. The number of rotatable bonds is 1. The van der Waals surface area contributed by atoms with Gasteiger partial charge in [-0.15, -0.1) is 0 Å². The van der Waals surface area contributed by atoms with Gasteiger partial charge in [0.2, 0.25) is 0 Å². The average molecular weight is 160 g/mol. The Balaban J connectivity index is 3.57. The van der Waals surface area contributed by atoms with E-state index in [2.05, 4.69) is 15.9 Å². The van der Waals surface area contributed by atoms with Crippen molar-refractivity contribution in [3.05, 3.63) is 10.6 Å². The zero-order chi connectivity index (χ0) is 5.70. The normalized spacial score (nSPS) is 10.7. The predicted molar refractivity (Wildman–Crippen MR) is 32.9 cm³/mol. The molecule has 7 heavy (non-hydrogen) atoms. The summed E-state index contributed by atoms with van der Waals surface area (Å²) in [6.45, 7) is 1.98. The highest BCUT2D eigenvalue weighted by Crippen LogP contribution is 2.01. The maximum atomic E-state index is 8.10. The molecule has 1 nitrogen and oxygen atoms in total. The van der Waals surface area contributed by atoms with Crippen molar-refractivity contribution in [1.29, 1.82) is 5.26 Å². The average Bonchev–Trinajstić information content (AvgIpc) is 1.68. The van der Waals surface area contributed by atoms with Crippen LogP contribution in [-0.2, 0) is 0 Å². The second-order valence-corrected chi connectivity index (χ2v) is 1.93. The van der Waals surface area contributed by atoms with Gasteiger partial charge in [-0.2, -0.15) is 5.26 Å². The van der Waals surface area contributed by atoms with Gasteiger partial charge in [0.1, 0.15) is 6.07 Å². The van der Waals surface area contributed by atoms with Crippen LogP contribution in [0.3, 0.4) is 0 Å². The van der Waals surface area contributed by atoms with Crippen LogP contribution in [0, 0.1) is 11.3 Å². The summed E-state index contributed by atoms with van der Waals surface area (Å²) in [6.07, 6.45) is 2.73. The van der Waals surface area contributed by atoms with E-state index < -0.39 is 0 Å². The first-order valence-corrected chi connectivity index (χ1v) is 2.86. The number of hydrogen-bond donors (Lipinski definition) is 0.